The maximum absolute atomic E-state index is 13.4. The highest BCUT2D eigenvalue weighted by atomic mass is 32.2. The molecule has 1 aliphatic rings. The summed E-state index contributed by atoms with van der Waals surface area (Å²) in [6.07, 6.45) is 0.592. The van der Waals surface area contributed by atoms with Crippen molar-refractivity contribution in [2.24, 2.45) is 0 Å². The lowest BCUT2D eigenvalue weighted by atomic mass is 10.2. The molecule has 11 heteroatoms. The number of hydroxylamine groups is 1. The number of aromatic nitrogens is 1. The second-order valence-electron chi connectivity index (χ2n) is 8.43. The van der Waals surface area contributed by atoms with E-state index in [2.05, 4.69) is 4.98 Å². The first-order chi connectivity index (χ1) is 17.8. The first kappa shape index (κ1) is 25.0. The van der Waals surface area contributed by atoms with Crippen LogP contribution in [0.5, 0.6) is 5.75 Å². The van der Waals surface area contributed by atoms with Crippen molar-refractivity contribution in [2.45, 2.75) is 33.4 Å². The molecule has 1 aliphatic heterocycles. The Morgan fingerprint density at radius 2 is 1.92 bits per heavy atom. The molecule has 0 aliphatic carbocycles. The first-order valence-electron chi connectivity index (χ1n) is 11.6. The van der Waals surface area contributed by atoms with E-state index in [0.717, 1.165) is 14.9 Å². The van der Waals surface area contributed by atoms with E-state index in [1.807, 2.05) is 36.6 Å². The number of thiophene rings is 1. The molecule has 2 aromatic heterocycles. The number of anilines is 1. The molecule has 0 unspecified atom stereocenters. The zero-order chi connectivity index (χ0) is 26.0. The Balaban J connectivity index is 1.27. The fourth-order valence-electron chi connectivity index (χ4n) is 4.02. The van der Waals surface area contributed by atoms with Crippen LogP contribution in [0.4, 0.5) is 5.69 Å². The molecular weight excluding hydrogens is 514 g/mol. The van der Waals surface area contributed by atoms with Crippen molar-refractivity contribution in [2.75, 3.05) is 10.8 Å². The van der Waals surface area contributed by atoms with E-state index in [1.165, 1.54) is 11.2 Å². The molecule has 4 aromatic rings. The van der Waals surface area contributed by atoms with E-state index in [9.17, 15) is 13.2 Å². The lowest BCUT2D eigenvalue weighted by Gasteiger charge is -2.27. The van der Waals surface area contributed by atoms with E-state index in [1.54, 1.807) is 47.7 Å². The third kappa shape index (κ3) is 5.38. The van der Waals surface area contributed by atoms with Crippen molar-refractivity contribution >= 4 is 33.2 Å². The second kappa shape index (κ2) is 10.4. The molecule has 5 rings (SSSR count). The lowest BCUT2D eigenvalue weighted by molar-refractivity contribution is -0.168. The maximum Gasteiger partial charge on any atom is 0.335 e. The van der Waals surface area contributed by atoms with Crippen molar-refractivity contribution in [3.05, 3.63) is 88.6 Å². The van der Waals surface area contributed by atoms with Crippen molar-refractivity contribution in [1.29, 1.82) is 0 Å². The van der Waals surface area contributed by atoms with Gasteiger partial charge in [0.05, 0.1) is 17.1 Å². The van der Waals surface area contributed by atoms with Crippen LogP contribution in [0, 0.1) is 6.92 Å². The standard InChI is InChI=1S/C26H25N3O6S2/c1-18-23(27-26(34-18)25-8-5-15-36-25)17-33-22-11-9-20(10-12-22)16-29(35-19(2)30)37(31,32)28-14-13-21-6-3-4-7-24(21)28/h3-12,15H,13-14,16-17H2,1-2H3. The first-order valence-corrected chi connectivity index (χ1v) is 13.9. The molecular formula is C26H25N3O6S2. The van der Waals surface area contributed by atoms with Gasteiger partial charge >= 0.3 is 16.2 Å². The Morgan fingerprint density at radius 1 is 1.14 bits per heavy atom. The quantitative estimate of drug-likeness (QED) is 0.279. The van der Waals surface area contributed by atoms with Crippen molar-refractivity contribution in [1.82, 2.24) is 9.45 Å². The number of carbonyl (C=O) groups excluding carboxylic acids is 1. The van der Waals surface area contributed by atoms with Gasteiger partial charge in [0.25, 0.3) is 0 Å². The Kier molecular flexibility index (Phi) is 7.00. The number of hydrogen-bond acceptors (Lipinski definition) is 8. The molecule has 0 N–H and O–H groups in total. The number of aryl methyl sites for hydroxylation is 1. The zero-order valence-electron chi connectivity index (χ0n) is 20.3. The van der Waals surface area contributed by atoms with Crippen LogP contribution in [0.15, 0.2) is 70.5 Å². The summed E-state index contributed by atoms with van der Waals surface area (Å²) in [6, 6.07) is 18.1. The topological polar surface area (TPSA) is 102 Å². The predicted molar refractivity (Wildman–Crippen MR) is 139 cm³/mol. The van der Waals surface area contributed by atoms with Gasteiger partial charge in [0.15, 0.2) is 0 Å². The molecule has 37 heavy (non-hydrogen) atoms. The largest absolute Gasteiger partial charge is 0.487 e. The summed E-state index contributed by atoms with van der Waals surface area (Å²) in [5, 5.41) is 1.96. The maximum atomic E-state index is 13.4. The number of carbonyl (C=O) groups is 1. The molecule has 0 bridgehead atoms. The minimum atomic E-state index is -4.11. The average Bonchev–Trinajstić information content (AvgIpc) is 3.63. The highest BCUT2D eigenvalue weighted by molar-refractivity contribution is 7.90. The molecule has 9 nitrogen and oxygen atoms in total. The minimum absolute atomic E-state index is 0.145. The highest BCUT2D eigenvalue weighted by Crippen LogP contribution is 2.32. The van der Waals surface area contributed by atoms with Gasteiger partial charge in [-0.3, -0.25) is 9.10 Å². The molecule has 0 spiro atoms. The van der Waals surface area contributed by atoms with Crippen LogP contribution < -0.4 is 9.04 Å². The number of benzene rings is 2. The third-order valence-corrected chi connectivity index (χ3v) is 8.36. The van der Waals surface area contributed by atoms with Gasteiger partial charge in [-0.1, -0.05) is 36.4 Å². The van der Waals surface area contributed by atoms with E-state index in [4.69, 9.17) is 14.0 Å². The predicted octanol–water partition coefficient (Wildman–Crippen LogP) is 4.88. The Morgan fingerprint density at radius 3 is 2.65 bits per heavy atom. The van der Waals surface area contributed by atoms with Gasteiger partial charge in [-0.25, -0.2) is 4.98 Å². The minimum Gasteiger partial charge on any atom is -0.487 e. The van der Waals surface area contributed by atoms with Crippen LogP contribution in [0.1, 0.15) is 29.5 Å². The van der Waals surface area contributed by atoms with Crippen LogP contribution in [-0.2, 0) is 39.4 Å². The number of fused-ring (bicyclic) bond motifs is 1. The van der Waals surface area contributed by atoms with E-state index < -0.39 is 16.2 Å². The number of hydrogen-bond donors (Lipinski definition) is 0. The lowest BCUT2D eigenvalue weighted by Crippen LogP contribution is -2.43. The molecule has 0 saturated carbocycles. The molecule has 0 amide bonds. The SMILES string of the molecule is CC(=O)ON(Cc1ccc(OCc2nc(-c3cccs3)oc2C)cc1)S(=O)(=O)N1CCc2ccccc21. The third-order valence-electron chi connectivity index (χ3n) is 5.85. The molecule has 0 atom stereocenters. The summed E-state index contributed by atoms with van der Waals surface area (Å²) in [7, 11) is -4.11. The monoisotopic (exact) mass is 539 g/mol. The van der Waals surface area contributed by atoms with Crippen LogP contribution in [0.2, 0.25) is 0 Å². The Labute approximate surface area is 219 Å². The van der Waals surface area contributed by atoms with Crippen molar-refractivity contribution < 1.29 is 27.2 Å². The van der Waals surface area contributed by atoms with Crippen LogP contribution in [0.25, 0.3) is 10.8 Å². The van der Waals surface area contributed by atoms with Crippen LogP contribution >= 0.6 is 11.3 Å². The van der Waals surface area contributed by atoms with Gasteiger partial charge in [-0.15, -0.1) is 11.3 Å². The van der Waals surface area contributed by atoms with Crippen LogP contribution in [0.3, 0.4) is 0 Å². The van der Waals surface area contributed by atoms with Crippen molar-refractivity contribution in [3.63, 3.8) is 0 Å². The molecule has 0 radical (unpaired) electrons. The number of nitrogens with zero attached hydrogens (tertiary/aromatic N) is 3. The molecule has 192 valence electrons. The fourth-order valence-corrected chi connectivity index (χ4v) is 6.15. The summed E-state index contributed by atoms with van der Waals surface area (Å²) in [6.45, 7) is 3.37. The molecule has 0 fully saturated rings. The van der Waals surface area contributed by atoms with Gasteiger partial charge in [-0.05, 0) is 58.6 Å². The van der Waals surface area contributed by atoms with Gasteiger partial charge in [0, 0.05) is 13.5 Å². The van der Waals surface area contributed by atoms with E-state index in [-0.39, 0.29) is 19.7 Å². The zero-order valence-corrected chi connectivity index (χ0v) is 21.9. The summed E-state index contributed by atoms with van der Waals surface area (Å²) >= 11 is 1.55. The van der Waals surface area contributed by atoms with Crippen LogP contribution in [-0.4, -0.2) is 30.4 Å². The smallest absolute Gasteiger partial charge is 0.335 e. The number of para-hydroxylation sites is 1. The van der Waals surface area contributed by atoms with Gasteiger partial charge in [0.1, 0.15) is 23.8 Å². The molecule has 2 aromatic carbocycles. The molecule has 0 saturated heterocycles. The molecule has 3 heterocycles. The summed E-state index contributed by atoms with van der Waals surface area (Å²) < 4.78 is 40.5. The normalized spacial score (nSPS) is 13.1. The van der Waals surface area contributed by atoms with Gasteiger partial charge in [-0.2, -0.15) is 8.42 Å². The second-order valence-corrected chi connectivity index (χ2v) is 11.1. The Bertz CT molecular complexity index is 1500. The highest BCUT2D eigenvalue weighted by Gasteiger charge is 2.36. The Hall–Kier alpha value is -3.67. The summed E-state index contributed by atoms with van der Waals surface area (Å²) in [5.41, 5.74) is 2.85. The summed E-state index contributed by atoms with van der Waals surface area (Å²) in [5.74, 6) is 1.11. The number of ether oxygens (including phenoxy) is 1. The average molecular weight is 540 g/mol. The van der Waals surface area contributed by atoms with E-state index >= 15 is 0 Å². The van der Waals surface area contributed by atoms with Crippen molar-refractivity contribution in [3.8, 4) is 16.5 Å². The number of rotatable bonds is 9. The fraction of sp³-hybridized carbons (Fsp3) is 0.231. The summed E-state index contributed by atoms with van der Waals surface area (Å²) in [4.78, 5) is 22.4. The number of oxazole rings is 1. The van der Waals surface area contributed by atoms with Gasteiger partial charge in [0.2, 0.25) is 5.89 Å². The van der Waals surface area contributed by atoms with E-state index in [0.29, 0.717) is 40.8 Å². The van der Waals surface area contributed by atoms with Gasteiger partial charge < -0.3 is 14.0 Å².